The third-order valence-electron chi connectivity index (χ3n) is 2.66. The van der Waals surface area contributed by atoms with Gasteiger partial charge in [-0.1, -0.05) is 12.1 Å². The Morgan fingerprint density at radius 1 is 1.41 bits per heavy atom. The molecule has 1 N–H and O–H groups in total. The number of benzene rings is 1. The van der Waals surface area contributed by atoms with E-state index in [9.17, 15) is 0 Å². The zero-order valence-electron chi connectivity index (χ0n) is 9.90. The van der Waals surface area contributed by atoms with Crippen LogP contribution >= 0.6 is 15.9 Å². The average molecular weight is 295 g/mol. The molecule has 1 atom stereocenters. The second-order valence-electron chi connectivity index (χ2n) is 4.01. The van der Waals surface area contributed by atoms with Crippen molar-refractivity contribution in [1.29, 1.82) is 0 Å². The van der Waals surface area contributed by atoms with Gasteiger partial charge in [-0.3, -0.25) is 0 Å². The fourth-order valence-electron chi connectivity index (χ4n) is 1.56. The summed E-state index contributed by atoms with van der Waals surface area (Å²) in [6.07, 6.45) is 2.64. The molecular formula is C13H15BrN2O. The van der Waals surface area contributed by atoms with Crippen molar-refractivity contribution in [2.24, 2.45) is 0 Å². The van der Waals surface area contributed by atoms with Gasteiger partial charge in [0.25, 0.3) is 0 Å². The van der Waals surface area contributed by atoms with Crippen LogP contribution in [-0.4, -0.2) is 18.1 Å². The van der Waals surface area contributed by atoms with Crippen LogP contribution in [0.25, 0.3) is 11.5 Å². The molecule has 2 aromatic rings. The van der Waals surface area contributed by atoms with Gasteiger partial charge in [0.1, 0.15) is 5.76 Å². The van der Waals surface area contributed by atoms with Crippen LogP contribution in [0.3, 0.4) is 0 Å². The molecule has 1 aromatic heterocycles. The smallest absolute Gasteiger partial charge is 0.227 e. The monoisotopic (exact) mass is 294 g/mol. The largest absolute Gasteiger partial charge is 0.441 e. The molecule has 0 saturated heterocycles. The van der Waals surface area contributed by atoms with Gasteiger partial charge < -0.3 is 9.73 Å². The number of oxazole rings is 1. The van der Waals surface area contributed by atoms with Crippen LogP contribution in [0.5, 0.6) is 0 Å². The fraction of sp³-hybridized carbons (Fsp3) is 0.308. The van der Waals surface area contributed by atoms with Crippen molar-refractivity contribution in [2.75, 3.05) is 7.05 Å². The summed E-state index contributed by atoms with van der Waals surface area (Å²) in [5.41, 5.74) is 0.982. The Morgan fingerprint density at radius 3 is 2.88 bits per heavy atom. The standard InChI is InChI=1S/C13H15BrN2O/c1-9(15-2)7-10-8-16-13(17-10)11-5-3-4-6-12(11)14/h3-6,8-9,15H,7H2,1-2H3. The number of aromatic nitrogens is 1. The molecule has 0 aliphatic heterocycles. The second kappa shape index (κ2) is 5.47. The summed E-state index contributed by atoms with van der Waals surface area (Å²) in [6, 6.07) is 8.30. The van der Waals surface area contributed by atoms with Crippen LogP contribution in [0, 0.1) is 0 Å². The molecule has 3 nitrogen and oxygen atoms in total. The molecular weight excluding hydrogens is 280 g/mol. The maximum Gasteiger partial charge on any atom is 0.227 e. The molecule has 0 aliphatic carbocycles. The lowest BCUT2D eigenvalue weighted by Crippen LogP contribution is -2.23. The first-order chi connectivity index (χ1) is 8.20. The molecule has 90 valence electrons. The van der Waals surface area contributed by atoms with Gasteiger partial charge >= 0.3 is 0 Å². The molecule has 0 spiro atoms. The lowest BCUT2D eigenvalue weighted by Gasteiger charge is -2.06. The van der Waals surface area contributed by atoms with Gasteiger partial charge in [-0.15, -0.1) is 0 Å². The first-order valence-corrected chi connectivity index (χ1v) is 6.37. The van der Waals surface area contributed by atoms with Crippen LogP contribution in [-0.2, 0) is 6.42 Å². The maximum atomic E-state index is 5.74. The highest BCUT2D eigenvalue weighted by Crippen LogP contribution is 2.27. The minimum absolute atomic E-state index is 0.384. The van der Waals surface area contributed by atoms with Crippen LogP contribution < -0.4 is 5.32 Å². The Morgan fingerprint density at radius 2 is 2.18 bits per heavy atom. The Labute approximate surface area is 109 Å². The highest BCUT2D eigenvalue weighted by Gasteiger charge is 2.10. The van der Waals surface area contributed by atoms with E-state index in [0.29, 0.717) is 11.9 Å². The molecule has 0 saturated carbocycles. The summed E-state index contributed by atoms with van der Waals surface area (Å²) in [5, 5.41) is 3.18. The van der Waals surface area contributed by atoms with Crippen LogP contribution in [0.1, 0.15) is 12.7 Å². The number of hydrogen-bond donors (Lipinski definition) is 1. The van der Waals surface area contributed by atoms with Crippen LogP contribution in [0.4, 0.5) is 0 Å². The average Bonchev–Trinajstić information content (AvgIpc) is 2.78. The Balaban J connectivity index is 2.21. The predicted molar refractivity (Wildman–Crippen MR) is 71.9 cm³/mol. The Hall–Kier alpha value is -1.13. The van der Waals surface area contributed by atoms with Gasteiger partial charge in [0.15, 0.2) is 0 Å². The van der Waals surface area contributed by atoms with E-state index >= 15 is 0 Å². The van der Waals surface area contributed by atoms with Crippen molar-refractivity contribution in [3.05, 3.63) is 40.7 Å². The van der Waals surface area contributed by atoms with E-state index in [1.165, 1.54) is 0 Å². The zero-order chi connectivity index (χ0) is 12.3. The molecule has 4 heteroatoms. The van der Waals surface area contributed by atoms with Crippen LogP contribution in [0.15, 0.2) is 39.4 Å². The highest BCUT2D eigenvalue weighted by molar-refractivity contribution is 9.10. The minimum Gasteiger partial charge on any atom is -0.441 e. The molecule has 1 heterocycles. The minimum atomic E-state index is 0.384. The Bertz CT molecular complexity index is 496. The number of likely N-dealkylation sites (N-methyl/N-ethyl adjacent to an activating group) is 1. The molecule has 0 radical (unpaired) electrons. The van der Waals surface area contributed by atoms with Crippen molar-refractivity contribution < 1.29 is 4.42 Å². The van der Waals surface area contributed by atoms with E-state index in [1.807, 2.05) is 31.3 Å². The van der Waals surface area contributed by atoms with Crippen molar-refractivity contribution in [2.45, 2.75) is 19.4 Å². The normalized spacial score (nSPS) is 12.6. The van der Waals surface area contributed by atoms with Gasteiger partial charge in [-0.05, 0) is 42.0 Å². The van der Waals surface area contributed by atoms with E-state index in [-0.39, 0.29) is 0 Å². The molecule has 1 unspecified atom stereocenters. The van der Waals surface area contributed by atoms with Crippen molar-refractivity contribution in [3.8, 4) is 11.5 Å². The first-order valence-electron chi connectivity index (χ1n) is 5.57. The van der Waals surface area contributed by atoms with E-state index in [4.69, 9.17) is 4.42 Å². The lowest BCUT2D eigenvalue weighted by atomic mass is 10.2. The molecule has 0 amide bonds. The molecule has 0 aliphatic rings. The fourth-order valence-corrected chi connectivity index (χ4v) is 2.02. The van der Waals surface area contributed by atoms with E-state index in [1.54, 1.807) is 6.20 Å². The second-order valence-corrected chi connectivity index (χ2v) is 4.86. The summed E-state index contributed by atoms with van der Waals surface area (Å²) < 4.78 is 6.74. The molecule has 1 aromatic carbocycles. The van der Waals surface area contributed by atoms with Crippen LogP contribution in [0.2, 0.25) is 0 Å². The molecule has 0 bridgehead atoms. The van der Waals surface area contributed by atoms with E-state index in [2.05, 4.69) is 33.2 Å². The molecule has 2 rings (SSSR count). The predicted octanol–water partition coefficient (Wildman–Crippen LogP) is 3.25. The van der Waals surface area contributed by atoms with Gasteiger partial charge in [-0.2, -0.15) is 0 Å². The zero-order valence-corrected chi connectivity index (χ0v) is 11.5. The highest BCUT2D eigenvalue weighted by atomic mass is 79.9. The number of halogens is 1. The SMILES string of the molecule is CNC(C)Cc1cnc(-c2ccccc2Br)o1. The third-order valence-corrected chi connectivity index (χ3v) is 3.35. The van der Waals surface area contributed by atoms with Gasteiger partial charge in [0.2, 0.25) is 5.89 Å². The van der Waals surface area contributed by atoms with Crippen molar-refractivity contribution >= 4 is 15.9 Å². The number of hydrogen-bond acceptors (Lipinski definition) is 3. The van der Waals surface area contributed by atoms with E-state index < -0.39 is 0 Å². The maximum absolute atomic E-state index is 5.74. The van der Waals surface area contributed by atoms with Gasteiger partial charge in [0.05, 0.1) is 11.8 Å². The summed E-state index contributed by atoms with van der Waals surface area (Å²) >= 11 is 3.49. The van der Waals surface area contributed by atoms with Crippen molar-refractivity contribution in [1.82, 2.24) is 10.3 Å². The number of nitrogens with zero attached hydrogens (tertiary/aromatic N) is 1. The molecule has 17 heavy (non-hydrogen) atoms. The lowest BCUT2D eigenvalue weighted by molar-refractivity contribution is 0.479. The number of rotatable bonds is 4. The summed E-state index contributed by atoms with van der Waals surface area (Å²) in [7, 11) is 1.94. The topological polar surface area (TPSA) is 38.1 Å². The number of nitrogens with one attached hydrogen (secondary N) is 1. The van der Waals surface area contributed by atoms with Gasteiger partial charge in [-0.25, -0.2) is 4.98 Å². The quantitative estimate of drug-likeness (QED) is 0.941. The molecule has 0 fully saturated rings. The third kappa shape index (κ3) is 2.96. The summed E-state index contributed by atoms with van der Waals surface area (Å²) in [4.78, 5) is 4.31. The first kappa shape index (κ1) is 12.3. The summed E-state index contributed by atoms with van der Waals surface area (Å²) in [6.45, 7) is 2.11. The van der Waals surface area contributed by atoms with Gasteiger partial charge in [0, 0.05) is 16.9 Å². The Kier molecular flexibility index (Phi) is 3.97. The van der Waals surface area contributed by atoms with E-state index in [0.717, 1.165) is 22.2 Å². The summed E-state index contributed by atoms with van der Waals surface area (Å²) in [5.74, 6) is 1.56. The van der Waals surface area contributed by atoms with Crippen molar-refractivity contribution in [3.63, 3.8) is 0 Å².